The van der Waals surface area contributed by atoms with Gasteiger partial charge in [-0.15, -0.1) is 0 Å². The third-order valence-electron chi connectivity index (χ3n) is 4.52. The Bertz CT molecular complexity index is 736. The average molecular weight is 330 g/mol. The summed E-state index contributed by atoms with van der Waals surface area (Å²) in [6, 6.07) is 5.84. The highest BCUT2D eigenvalue weighted by molar-refractivity contribution is 5.94. The van der Waals surface area contributed by atoms with Crippen molar-refractivity contribution in [3.8, 4) is 0 Å². The lowest BCUT2D eigenvalue weighted by atomic mass is 10.1. The van der Waals surface area contributed by atoms with Crippen molar-refractivity contribution in [2.24, 2.45) is 0 Å². The van der Waals surface area contributed by atoms with Crippen LogP contribution >= 0.6 is 0 Å². The molecule has 1 aliphatic carbocycles. The van der Waals surface area contributed by atoms with E-state index in [2.05, 4.69) is 15.0 Å². The van der Waals surface area contributed by atoms with Crippen molar-refractivity contribution in [3.05, 3.63) is 47.4 Å². The zero-order valence-corrected chi connectivity index (χ0v) is 13.3. The lowest BCUT2D eigenvalue weighted by Gasteiger charge is -2.34. The highest BCUT2D eigenvalue weighted by atomic mass is 19.1. The zero-order valence-electron chi connectivity index (χ0n) is 13.3. The van der Waals surface area contributed by atoms with E-state index in [-0.39, 0.29) is 11.7 Å². The molecule has 1 amide bonds. The zero-order chi connectivity index (χ0) is 16.5. The molecule has 0 N–H and O–H groups in total. The van der Waals surface area contributed by atoms with Crippen molar-refractivity contribution in [2.75, 3.05) is 26.2 Å². The van der Waals surface area contributed by atoms with Crippen LogP contribution in [0.4, 0.5) is 4.39 Å². The molecule has 0 atom stereocenters. The molecule has 2 aromatic rings. The van der Waals surface area contributed by atoms with Crippen LogP contribution in [0.3, 0.4) is 0 Å². The summed E-state index contributed by atoms with van der Waals surface area (Å²) in [4.78, 5) is 20.8. The minimum absolute atomic E-state index is 0.122. The SMILES string of the molecule is O=C(c1cccc(F)c1)N1CCN(Cc2nc(C3CC3)no2)CC1. The molecule has 2 aliphatic rings. The number of rotatable bonds is 4. The predicted octanol–water partition coefficient (Wildman–Crippen LogP) is 2.04. The Kier molecular flexibility index (Phi) is 4.02. The first-order valence-corrected chi connectivity index (χ1v) is 8.29. The second-order valence-corrected chi connectivity index (χ2v) is 6.40. The second kappa shape index (κ2) is 6.32. The van der Waals surface area contributed by atoms with Crippen LogP contribution in [0.5, 0.6) is 0 Å². The highest BCUT2D eigenvalue weighted by Crippen LogP contribution is 2.38. The lowest BCUT2D eigenvalue weighted by Crippen LogP contribution is -2.48. The summed E-state index contributed by atoms with van der Waals surface area (Å²) in [7, 11) is 0. The van der Waals surface area contributed by atoms with E-state index in [9.17, 15) is 9.18 Å². The number of piperazine rings is 1. The van der Waals surface area contributed by atoms with Crippen LogP contribution in [0.1, 0.15) is 40.8 Å². The van der Waals surface area contributed by atoms with Crippen LogP contribution in [0.15, 0.2) is 28.8 Å². The number of nitrogens with zero attached hydrogens (tertiary/aromatic N) is 4. The number of benzene rings is 1. The minimum atomic E-state index is -0.387. The van der Waals surface area contributed by atoms with Crippen LogP contribution in [0.2, 0.25) is 0 Å². The molecule has 1 saturated carbocycles. The van der Waals surface area contributed by atoms with Gasteiger partial charge in [-0.05, 0) is 31.0 Å². The van der Waals surface area contributed by atoms with Gasteiger partial charge in [-0.1, -0.05) is 11.2 Å². The number of hydrogen-bond acceptors (Lipinski definition) is 5. The quantitative estimate of drug-likeness (QED) is 0.858. The molecule has 2 fully saturated rings. The summed E-state index contributed by atoms with van der Waals surface area (Å²) in [5, 5.41) is 4.02. The van der Waals surface area contributed by atoms with E-state index >= 15 is 0 Å². The summed E-state index contributed by atoms with van der Waals surface area (Å²) in [6.45, 7) is 3.31. The Morgan fingerprint density at radius 3 is 2.75 bits per heavy atom. The first-order chi connectivity index (χ1) is 11.7. The number of amides is 1. The maximum Gasteiger partial charge on any atom is 0.254 e. The van der Waals surface area contributed by atoms with Crippen molar-refractivity contribution >= 4 is 5.91 Å². The molecule has 0 bridgehead atoms. The molecule has 24 heavy (non-hydrogen) atoms. The Balaban J connectivity index is 1.31. The van der Waals surface area contributed by atoms with Gasteiger partial charge in [0.15, 0.2) is 5.82 Å². The standard InChI is InChI=1S/C17H19FN4O2/c18-14-3-1-2-13(10-14)17(23)22-8-6-21(7-9-22)11-15-19-16(20-24-15)12-4-5-12/h1-3,10,12H,4-9,11H2. The van der Waals surface area contributed by atoms with E-state index in [4.69, 9.17) is 4.52 Å². The molecule has 1 aromatic heterocycles. The maximum absolute atomic E-state index is 13.3. The molecule has 1 aromatic carbocycles. The molecule has 1 saturated heterocycles. The number of aromatic nitrogens is 2. The van der Waals surface area contributed by atoms with E-state index in [0.29, 0.717) is 37.0 Å². The second-order valence-electron chi connectivity index (χ2n) is 6.40. The molecule has 0 radical (unpaired) electrons. The largest absolute Gasteiger partial charge is 0.338 e. The van der Waals surface area contributed by atoms with Gasteiger partial charge < -0.3 is 9.42 Å². The first-order valence-electron chi connectivity index (χ1n) is 8.29. The number of carbonyl (C=O) groups excluding carboxylic acids is 1. The topological polar surface area (TPSA) is 62.5 Å². The van der Waals surface area contributed by atoms with E-state index in [1.165, 1.54) is 12.1 Å². The maximum atomic E-state index is 13.3. The molecule has 126 valence electrons. The van der Waals surface area contributed by atoms with Gasteiger partial charge in [0, 0.05) is 37.7 Å². The number of hydrogen-bond donors (Lipinski definition) is 0. The van der Waals surface area contributed by atoms with Gasteiger partial charge in [-0.2, -0.15) is 4.98 Å². The van der Waals surface area contributed by atoms with Gasteiger partial charge in [0.1, 0.15) is 5.82 Å². The normalized spacial score (nSPS) is 18.8. The smallest absolute Gasteiger partial charge is 0.254 e. The van der Waals surface area contributed by atoms with Gasteiger partial charge in [-0.25, -0.2) is 4.39 Å². The van der Waals surface area contributed by atoms with Gasteiger partial charge in [0.05, 0.1) is 6.54 Å². The molecule has 2 heterocycles. The molecule has 6 nitrogen and oxygen atoms in total. The summed E-state index contributed by atoms with van der Waals surface area (Å²) in [6.07, 6.45) is 2.31. The van der Waals surface area contributed by atoms with Gasteiger partial charge in [0.25, 0.3) is 5.91 Å². The van der Waals surface area contributed by atoms with Crippen LogP contribution in [0, 0.1) is 5.82 Å². The minimum Gasteiger partial charge on any atom is -0.338 e. The Morgan fingerprint density at radius 1 is 1.25 bits per heavy atom. The fourth-order valence-electron chi connectivity index (χ4n) is 2.94. The van der Waals surface area contributed by atoms with E-state index < -0.39 is 0 Å². The van der Waals surface area contributed by atoms with E-state index in [1.807, 2.05) is 0 Å². The Hall–Kier alpha value is -2.28. The Labute approximate surface area is 139 Å². The summed E-state index contributed by atoms with van der Waals surface area (Å²) in [5.41, 5.74) is 0.398. The third-order valence-corrected chi connectivity index (χ3v) is 4.52. The fraction of sp³-hybridized carbons (Fsp3) is 0.471. The lowest BCUT2D eigenvalue weighted by molar-refractivity contribution is 0.0614. The molecule has 4 rings (SSSR count). The summed E-state index contributed by atoms with van der Waals surface area (Å²) < 4.78 is 18.6. The van der Waals surface area contributed by atoms with Gasteiger partial charge >= 0.3 is 0 Å². The highest BCUT2D eigenvalue weighted by Gasteiger charge is 2.29. The van der Waals surface area contributed by atoms with Gasteiger partial charge in [-0.3, -0.25) is 9.69 Å². The summed E-state index contributed by atoms with van der Waals surface area (Å²) in [5.74, 6) is 1.44. The molecular formula is C17H19FN4O2. The van der Waals surface area contributed by atoms with Crippen molar-refractivity contribution in [2.45, 2.75) is 25.3 Å². The van der Waals surface area contributed by atoms with Gasteiger partial charge in [0.2, 0.25) is 5.89 Å². The van der Waals surface area contributed by atoms with Crippen LogP contribution in [-0.2, 0) is 6.54 Å². The van der Waals surface area contributed by atoms with Crippen molar-refractivity contribution in [3.63, 3.8) is 0 Å². The van der Waals surface area contributed by atoms with E-state index in [1.54, 1.807) is 17.0 Å². The average Bonchev–Trinajstić information content (AvgIpc) is 3.35. The predicted molar refractivity (Wildman–Crippen MR) is 83.9 cm³/mol. The van der Waals surface area contributed by atoms with Crippen molar-refractivity contribution < 1.29 is 13.7 Å². The molecule has 0 spiro atoms. The number of halogens is 1. The molecular weight excluding hydrogens is 311 g/mol. The van der Waals surface area contributed by atoms with Crippen LogP contribution in [-0.4, -0.2) is 52.0 Å². The third kappa shape index (κ3) is 3.31. The molecule has 7 heteroatoms. The van der Waals surface area contributed by atoms with Crippen LogP contribution < -0.4 is 0 Å². The summed E-state index contributed by atoms with van der Waals surface area (Å²) >= 11 is 0. The van der Waals surface area contributed by atoms with Crippen molar-refractivity contribution in [1.29, 1.82) is 0 Å². The first kappa shape index (κ1) is 15.3. The Morgan fingerprint density at radius 2 is 2.04 bits per heavy atom. The fourth-order valence-corrected chi connectivity index (χ4v) is 2.94. The molecule has 0 unspecified atom stereocenters. The molecule has 1 aliphatic heterocycles. The number of carbonyl (C=O) groups is 1. The van der Waals surface area contributed by atoms with Crippen molar-refractivity contribution in [1.82, 2.24) is 19.9 Å². The monoisotopic (exact) mass is 330 g/mol. The van der Waals surface area contributed by atoms with E-state index in [0.717, 1.165) is 31.8 Å². The van der Waals surface area contributed by atoms with Crippen LogP contribution in [0.25, 0.3) is 0 Å².